The molecule has 0 spiro atoms. The van der Waals surface area contributed by atoms with Crippen LogP contribution in [0, 0.1) is 13.8 Å². The quantitative estimate of drug-likeness (QED) is 0.517. The first-order valence-corrected chi connectivity index (χ1v) is 9.27. The molecule has 0 radical (unpaired) electrons. The van der Waals surface area contributed by atoms with Gasteiger partial charge in [0.1, 0.15) is 0 Å². The second kappa shape index (κ2) is 7.38. The molecule has 1 aliphatic rings. The molecule has 1 heterocycles. The van der Waals surface area contributed by atoms with E-state index in [1.165, 1.54) is 17.3 Å². The van der Waals surface area contributed by atoms with Crippen molar-refractivity contribution in [1.29, 1.82) is 0 Å². The van der Waals surface area contributed by atoms with Gasteiger partial charge in [-0.05, 0) is 61.2 Å². The second-order valence-electron chi connectivity index (χ2n) is 6.08. The first kappa shape index (κ1) is 17.6. The standard InChI is InChI=1S/C21H19NOS2/c1-14(11-17-7-5-4-6-8-17)12-19-20(23)22(21(24)25-19)18-10-9-15(2)16(3)13-18/h4-13H,1-3H3/b14-11-,19-12+. The average Bonchev–Trinajstić information content (AvgIpc) is 2.85. The third-order valence-electron chi connectivity index (χ3n) is 4.10. The summed E-state index contributed by atoms with van der Waals surface area (Å²) in [5.41, 5.74) is 5.31. The van der Waals surface area contributed by atoms with E-state index in [9.17, 15) is 4.79 Å². The maximum atomic E-state index is 12.8. The van der Waals surface area contributed by atoms with Crippen molar-refractivity contribution in [1.82, 2.24) is 0 Å². The van der Waals surface area contributed by atoms with Gasteiger partial charge < -0.3 is 0 Å². The van der Waals surface area contributed by atoms with Gasteiger partial charge in [0.25, 0.3) is 5.91 Å². The van der Waals surface area contributed by atoms with Crippen molar-refractivity contribution in [2.24, 2.45) is 0 Å². The molecule has 126 valence electrons. The van der Waals surface area contributed by atoms with Crippen LogP contribution in [0.1, 0.15) is 23.6 Å². The number of rotatable bonds is 3. The molecule has 2 aromatic rings. The number of benzene rings is 2. The Labute approximate surface area is 158 Å². The van der Waals surface area contributed by atoms with E-state index in [0.29, 0.717) is 9.23 Å². The zero-order valence-electron chi connectivity index (χ0n) is 14.4. The van der Waals surface area contributed by atoms with E-state index in [2.05, 4.69) is 13.0 Å². The molecule has 2 nitrogen and oxygen atoms in total. The van der Waals surface area contributed by atoms with Crippen LogP contribution < -0.4 is 4.90 Å². The molecular weight excluding hydrogens is 346 g/mol. The number of hydrogen-bond donors (Lipinski definition) is 0. The molecule has 1 aliphatic heterocycles. The van der Waals surface area contributed by atoms with Crippen LogP contribution in [0.25, 0.3) is 6.08 Å². The minimum atomic E-state index is -0.0564. The van der Waals surface area contributed by atoms with Crippen LogP contribution in [0.2, 0.25) is 0 Å². The fourth-order valence-electron chi connectivity index (χ4n) is 2.62. The summed E-state index contributed by atoms with van der Waals surface area (Å²) in [6.45, 7) is 6.09. The van der Waals surface area contributed by atoms with Crippen LogP contribution in [-0.4, -0.2) is 10.2 Å². The van der Waals surface area contributed by atoms with E-state index in [1.807, 2.05) is 68.5 Å². The SMILES string of the molecule is CC(=C/c1ccccc1)/C=C1/SC(=S)N(c2ccc(C)c(C)c2)C1=O. The number of aryl methyl sites for hydroxylation is 2. The van der Waals surface area contributed by atoms with Crippen molar-refractivity contribution in [3.63, 3.8) is 0 Å². The van der Waals surface area contributed by atoms with Gasteiger partial charge in [-0.3, -0.25) is 9.69 Å². The monoisotopic (exact) mass is 365 g/mol. The zero-order valence-corrected chi connectivity index (χ0v) is 16.1. The molecule has 0 aliphatic carbocycles. The number of thioether (sulfide) groups is 1. The molecule has 0 aromatic heterocycles. The lowest BCUT2D eigenvalue weighted by Crippen LogP contribution is -2.27. The molecule has 3 rings (SSSR count). The molecule has 1 saturated heterocycles. The molecule has 0 bridgehead atoms. The van der Waals surface area contributed by atoms with Gasteiger partial charge in [-0.2, -0.15) is 0 Å². The van der Waals surface area contributed by atoms with Gasteiger partial charge in [-0.1, -0.05) is 66.5 Å². The maximum absolute atomic E-state index is 12.8. The predicted molar refractivity (Wildman–Crippen MR) is 112 cm³/mol. The second-order valence-corrected chi connectivity index (χ2v) is 7.76. The van der Waals surface area contributed by atoms with E-state index >= 15 is 0 Å². The molecule has 0 atom stereocenters. The summed E-state index contributed by atoms with van der Waals surface area (Å²) in [5, 5.41) is 0. The molecule has 1 fully saturated rings. The smallest absolute Gasteiger partial charge is 0.268 e. The number of allylic oxidation sites excluding steroid dienone is 2. The number of carbonyl (C=O) groups excluding carboxylic acids is 1. The van der Waals surface area contributed by atoms with Crippen molar-refractivity contribution < 1.29 is 4.79 Å². The van der Waals surface area contributed by atoms with Crippen molar-refractivity contribution in [3.8, 4) is 0 Å². The number of anilines is 1. The Bertz CT molecular complexity index is 897. The Morgan fingerprint density at radius 2 is 1.80 bits per heavy atom. The zero-order chi connectivity index (χ0) is 18.0. The lowest BCUT2D eigenvalue weighted by atomic mass is 10.1. The normalized spacial score (nSPS) is 16.8. The summed E-state index contributed by atoms with van der Waals surface area (Å²) < 4.78 is 0.576. The fraction of sp³-hybridized carbons (Fsp3) is 0.143. The van der Waals surface area contributed by atoms with E-state index in [-0.39, 0.29) is 5.91 Å². The van der Waals surface area contributed by atoms with Gasteiger partial charge >= 0.3 is 0 Å². The van der Waals surface area contributed by atoms with Crippen LogP contribution in [0.15, 0.2) is 65.1 Å². The topological polar surface area (TPSA) is 20.3 Å². The first-order chi connectivity index (χ1) is 12.0. The Balaban J connectivity index is 1.88. The maximum Gasteiger partial charge on any atom is 0.270 e. The summed E-state index contributed by atoms with van der Waals surface area (Å²) in [6.07, 6.45) is 3.97. The highest BCUT2D eigenvalue weighted by Crippen LogP contribution is 2.36. The molecule has 0 saturated carbocycles. The molecule has 1 amide bonds. The fourth-order valence-corrected chi connectivity index (χ4v) is 3.96. The molecule has 0 N–H and O–H groups in total. The van der Waals surface area contributed by atoms with Gasteiger partial charge in [0.2, 0.25) is 0 Å². The first-order valence-electron chi connectivity index (χ1n) is 8.04. The number of hydrogen-bond acceptors (Lipinski definition) is 3. The van der Waals surface area contributed by atoms with Crippen molar-refractivity contribution in [3.05, 3.63) is 81.8 Å². The Kier molecular flexibility index (Phi) is 5.21. The van der Waals surface area contributed by atoms with Crippen LogP contribution in [0.4, 0.5) is 5.69 Å². The van der Waals surface area contributed by atoms with Crippen LogP contribution in [0.3, 0.4) is 0 Å². The van der Waals surface area contributed by atoms with Crippen LogP contribution in [0.5, 0.6) is 0 Å². The molecule has 2 aromatic carbocycles. The van der Waals surface area contributed by atoms with Crippen molar-refractivity contribution >= 4 is 46.0 Å². The lowest BCUT2D eigenvalue weighted by Gasteiger charge is -2.15. The molecule has 4 heteroatoms. The van der Waals surface area contributed by atoms with Gasteiger partial charge in [0.05, 0.1) is 10.6 Å². The Hall–Kier alpha value is -2.17. The summed E-state index contributed by atoms with van der Waals surface area (Å²) in [4.78, 5) is 15.1. The molecule has 25 heavy (non-hydrogen) atoms. The van der Waals surface area contributed by atoms with Gasteiger partial charge in [-0.25, -0.2) is 0 Å². The van der Waals surface area contributed by atoms with Crippen LogP contribution >= 0.6 is 24.0 Å². The summed E-state index contributed by atoms with van der Waals surface area (Å²) in [6, 6.07) is 16.0. The highest BCUT2D eigenvalue weighted by molar-refractivity contribution is 8.27. The predicted octanol–water partition coefficient (Wildman–Crippen LogP) is 5.66. The number of carbonyl (C=O) groups is 1. The minimum Gasteiger partial charge on any atom is -0.268 e. The van der Waals surface area contributed by atoms with E-state index in [0.717, 1.165) is 22.4 Å². The Morgan fingerprint density at radius 3 is 2.48 bits per heavy atom. The van der Waals surface area contributed by atoms with Crippen LogP contribution in [-0.2, 0) is 4.79 Å². The van der Waals surface area contributed by atoms with E-state index < -0.39 is 0 Å². The van der Waals surface area contributed by atoms with Gasteiger partial charge in [-0.15, -0.1) is 0 Å². The molecule has 0 unspecified atom stereocenters. The Morgan fingerprint density at radius 1 is 1.08 bits per heavy atom. The number of nitrogens with zero attached hydrogens (tertiary/aromatic N) is 1. The molecular formula is C21H19NOS2. The van der Waals surface area contributed by atoms with E-state index in [1.54, 1.807) is 4.90 Å². The third-order valence-corrected chi connectivity index (χ3v) is 5.40. The number of thiocarbonyl (C=S) groups is 1. The highest BCUT2D eigenvalue weighted by Gasteiger charge is 2.33. The van der Waals surface area contributed by atoms with Crippen molar-refractivity contribution in [2.75, 3.05) is 4.90 Å². The van der Waals surface area contributed by atoms with Gasteiger partial charge in [0.15, 0.2) is 4.32 Å². The summed E-state index contributed by atoms with van der Waals surface area (Å²) in [7, 11) is 0. The van der Waals surface area contributed by atoms with Gasteiger partial charge in [0, 0.05) is 0 Å². The minimum absolute atomic E-state index is 0.0564. The average molecular weight is 366 g/mol. The largest absolute Gasteiger partial charge is 0.270 e. The lowest BCUT2D eigenvalue weighted by molar-refractivity contribution is -0.113. The third kappa shape index (κ3) is 3.91. The summed E-state index contributed by atoms with van der Waals surface area (Å²) >= 11 is 6.80. The highest BCUT2D eigenvalue weighted by atomic mass is 32.2. The van der Waals surface area contributed by atoms with Crippen molar-refractivity contribution in [2.45, 2.75) is 20.8 Å². The number of amides is 1. The van der Waals surface area contributed by atoms with E-state index in [4.69, 9.17) is 12.2 Å². The summed E-state index contributed by atoms with van der Waals surface area (Å²) in [5.74, 6) is -0.0564.